The van der Waals surface area contributed by atoms with Crippen LogP contribution in [0.4, 0.5) is 0 Å². The zero-order valence-corrected chi connectivity index (χ0v) is 41.5. The van der Waals surface area contributed by atoms with Crippen molar-refractivity contribution < 1.29 is 85.7 Å². The van der Waals surface area contributed by atoms with E-state index < -0.39 is 131 Å². The zero-order valence-electron chi connectivity index (χ0n) is 38.4. The number of nitrogens with one attached hydrogen (secondary N) is 1. The molecule has 3 heterocycles. The van der Waals surface area contributed by atoms with Gasteiger partial charge in [0.05, 0.1) is 31.7 Å². The minimum absolute atomic E-state index is 0.126. The summed E-state index contributed by atoms with van der Waals surface area (Å²) in [6.07, 6.45) is -14.9. The number of thioether (sulfide) groups is 1. The van der Waals surface area contributed by atoms with E-state index in [-0.39, 0.29) is 12.2 Å². The van der Waals surface area contributed by atoms with Gasteiger partial charge in [-0.25, -0.2) is 9.59 Å². The SMILES string of the molecule is COC(=O)[C@@]1(O[C@H]2[C@H]3O[C@@H](c4ccccc4)OC[C@H]3O[C@@H](Sc3ccc(C)cc3)[C@@H]2OC(=O)c2ccccc2)C[C@H](OC(C)=O)[C@@H](NC(=O)C(Cl)(Cl)Cl)[C@H]([C@H](OC(C)=O)[C@@H](COC(C)=O)OC(C)=O)O1. The highest BCUT2D eigenvalue weighted by Gasteiger charge is 2.64. The number of carbonyl (C=O) groups is 7. The second-order valence-corrected chi connectivity index (χ2v) is 19.6. The third-order valence-electron chi connectivity index (χ3n) is 10.9. The normalized spacial score (nSPS) is 27.2. The smallest absolute Gasteiger partial charge is 0.366 e. The van der Waals surface area contributed by atoms with Gasteiger partial charge in [0.1, 0.15) is 42.6 Å². The van der Waals surface area contributed by atoms with Crippen molar-refractivity contribution in [2.75, 3.05) is 20.3 Å². The summed E-state index contributed by atoms with van der Waals surface area (Å²) in [5.41, 5.74) is 0.503. The fraction of sp³-hybridized carbons (Fsp3) is 0.468. The van der Waals surface area contributed by atoms with Gasteiger partial charge in [-0.2, -0.15) is 0 Å². The van der Waals surface area contributed by atoms with E-state index in [4.69, 9.17) is 86.9 Å². The van der Waals surface area contributed by atoms with Crippen molar-refractivity contribution in [1.82, 2.24) is 5.32 Å². The van der Waals surface area contributed by atoms with Crippen LogP contribution in [0.5, 0.6) is 0 Å². The highest BCUT2D eigenvalue weighted by Crippen LogP contribution is 2.46. The highest BCUT2D eigenvalue weighted by atomic mass is 35.6. The van der Waals surface area contributed by atoms with Crippen molar-refractivity contribution in [2.45, 2.75) is 122 Å². The second-order valence-electron chi connectivity index (χ2n) is 16.2. The third kappa shape index (κ3) is 13.9. The molecule has 6 rings (SSSR count). The van der Waals surface area contributed by atoms with Gasteiger partial charge in [0.15, 0.2) is 24.6 Å². The first kappa shape index (κ1) is 54.3. The first-order valence-corrected chi connectivity index (χ1v) is 23.6. The Hall–Kier alpha value is -5.03. The van der Waals surface area contributed by atoms with Crippen LogP contribution in [0.3, 0.4) is 0 Å². The van der Waals surface area contributed by atoms with Crippen molar-refractivity contribution >= 4 is 88.3 Å². The van der Waals surface area contributed by atoms with Gasteiger partial charge in [0.2, 0.25) is 0 Å². The van der Waals surface area contributed by atoms with Gasteiger partial charge >= 0.3 is 35.8 Å². The maximum atomic E-state index is 14.8. The number of carbonyl (C=O) groups excluding carboxylic acids is 7. The molecule has 378 valence electrons. The van der Waals surface area contributed by atoms with Crippen LogP contribution < -0.4 is 5.32 Å². The van der Waals surface area contributed by atoms with E-state index in [2.05, 4.69) is 5.32 Å². The average Bonchev–Trinajstić information content (AvgIpc) is 3.31. The minimum atomic E-state index is -2.85. The Morgan fingerprint density at radius 1 is 0.800 bits per heavy atom. The van der Waals surface area contributed by atoms with Crippen LogP contribution in [-0.4, -0.2) is 132 Å². The Morgan fingerprint density at radius 2 is 1.44 bits per heavy atom. The molecule has 0 saturated carbocycles. The topological polar surface area (TPSA) is 233 Å². The van der Waals surface area contributed by atoms with Crippen LogP contribution in [0.1, 0.15) is 61.9 Å². The molecule has 3 aliphatic rings. The Bertz CT molecular complexity index is 2340. The van der Waals surface area contributed by atoms with Gasteiger partial charge in [-0.3, -0.25) is 24.0 Å². The van der Waals surface area contributed by atoms with Crippen LogP contribution in [0.15, 0.2) is 89.8 Å². The quantitative estimate of drug-likeness (QED) is 0.107. The van der Waals surface area contributed by atoms with Crippen LogP contribution in [0.2, 0.25) is 0 Å². The standard InChI is InChI=1S/C47H50Cl3NO18S/c1-24-17-19-31(20-18-24)70-43-40(66-41(56)29-13-9-7-10-14-29)39(37-34(65-43)23-61-42(67-37)30-15-11-8-12-16-30)69-46(45(58)59-6)21-32(62-26(3)53)35(51-44(57)47(48,49)50)38(68-46)36(64-28(5)55)33(63-27(4)54)22-60-25(2)52/h7-20,32-40,42-43H,21-23H2,1-6H3,(H,51,57)/t32-,33+,34+,35+,36+,37-,38+,39-,40+,42-,43-,46-/m0/s1. The van der Waals surface area contributed by atoms with Crippen molar-refractivity contribution in [3.05, 3.63) is 102 Å². The molecule has 3 aliphatic heterocycles. The Kier molecular flexibility index (Phi) is 18.6. The molecular weight excluding hydrogens is 1000 g/mol. The van der Waals surface area contributed by atoms with E-state index >= 15 is 0 Å². The molecule has 23 heteroatoms. The van der Waals surface area contributed by atoms with Gasteiger partial charge in [-0.05, 0) is 31.2 Å². The van der Waals surface area contributed by atoms with Crippen molar-refractivity contribution in [1.29, 1.82) is 0 Å². The number of methoxy groups -OCH3 is 1. The minimum Gasteiger partial charge on any atom is -0.465 e. The number of hydrogen-bond acceptors (Lipinski definition) is 19. The molecule has 1 N–H and O–H groups in total. The van der Waals surface area contributed by atoms with Gasteiger partial charge < -0.3 is 57.4 Å². The van der Waals surface area contributed by atoms with Crippen LogP contribution >= 0.6 is 46.6 Å². The molecule has 0 unspecified atom stereocenters. The van der Waals surface area contributed by atoms with Gasteiger partial charge in [-0.1, -0.05) is 113 Å². The molecule has 1 amide bonds. The molecule has 0 spiro atoms. The summed E-state index contributed by atoms with van der Waals surface area (Å²) in [6, 6.07) is 22.4. The lowest BCUT2D eigenvalue weighted by Gasteiger charge is -2.53. The van der Waals surface area contributed by atoms with Crippen LogP contribution in [0.25, 0.3) is 0 Å². The average molecular weight is 1060 g/mol. The monoisotopic (exact) mass is 1050 g/mol. The number of benzene rings is 3. The fourth-order valence-electron chi connectivity index (χ4n) is 7.94. The molecule has 0 aromatic heterocycles. The summed E-state index contributed by atoms with van der Waals surface area (Å²) in [5, 5.41) is 2.43. The predicted molar refractivity (Wildman–Crippen MR) is 246 cm³/mol. The fourth-order valence-corrected chi connectivity index (χ4v) is 9.20. The molecule has 12 atom stereocenters. The van der Waals surface area contributed by atoms with E-state index in [0.29, 0.717) is 10.5 Å². The Balaban J connectivity index is 1.57. The molecule has 3 fully saturated rings. The molecule has 3 aromatic carbocycles. The van der Waals surface area contributed by atoms with Crippen LogP contribution in [-0.2, 0) is 80.9 Å². The number of hydrogen-bond donors (Lipinski definition) is 1. The Morgan fingerprint density at radius 3 is 2.03 bits per heavy atom. The maximum Gasteiger partial charge on any atom is 0.366 e. The summed E-state index contributed by atoms with van der Waals surface area (Å²) in [4.78, 5) is 94.2. The second kappa shape index (κ2) is 23.9. The number of rotatable bonds is 16. The molecule has 3 saturated heterocycles. The van der Waals surface area contributed by atoms with Gasteiger partial charge in [-0.15, -0.1) is 0 Å². The van der Waals surface area contributed by atoms with Crippen molar-refractivity contribution in [2.24, 2.45) is 0 Å². The Labute approximate surface area is 421 Å². The lowest BCUT2D eigenvalue weighted by molar-refractivity contribution is -0.375. The first-order valence-electron chi connectivity index (χ1n) is 21.6. The molecule has 0 bridgehead atoms. The summed E-state index contributed by atoms with van der Waals surface area (Å²) in [5.74, 6) is -10.2. The van der Waals surface area contributed by atoms with Crippen molar-refractivity contribution in [3.8, 4) is 0 Å². The number of esters is 6. The van der Waals surface area contributed by atoms with E-state index in [1.54, 1.807) is 48.5 Å². The lowest BCUT2D eigenvalue weighted by Crippen LogP contribution is -2.72. The van der Waals surface area contributed by atoms with Crippen molar-refractivity contribution in [3.63, 3.8) is 0 Å². The van der Waals surface area contributed by atoms with E-state index in [1.807, 2.05) is 31.2 Å². The summed E-state index contributed by atoms with van der Waals surface area (Å²) in [6.45, 7) is 5.02. The first-order chi connectivity index (χ1) is 33.2. The van der Waals surface area contributed by atoms with E-state index in [1.165, 1.54) is 12.1 Å². The number of alkyl halides is 3. The molecule has 70 heavy (non-hydrogen) atoms. The third-order valence-corrected chi connectivity index (χ3v) is 12.6. The molecule has 0 radical (unpaired) electrons. The number of aryl methyl sites for hydroxylation is 1. The number of amides is 1. The maximum absolute atomic E-state index is 14.8. The number of fused-ring (bicyclic) bond motifs is 1. The molecular formula is C47H50Cl3NO18S. The molecule has 0 aliphatic carbocycles. The summed E-state index contributed by atoms with van der Waals surface area (Å²) >= 11 is 19.2. The molecule has 19 nitrogen and oxygen atoms in total. The largest absolute Gasteiger partial charge is 0.465 e. The summed E-state index contributed by atoms with van der Waals surface area (Å²) in [7, 11) is 0.987. The lowest BCUT2D eigenvalue weighted by atomic mass is 9.87. The van der Waals surface area contributed by atoms with Crippen LogP contribution in [0, 0.1) is 6.92 Å². The predicted octanol–water partition coefficient (Wildman–Crippen LogP) is 5.41. The zero-order chi connectivity index (χ0) is 50.9. The van der Waals surface area contributed by atoms with E-state index in [9.17, 15) is 33.6 Å². The van der Waals surface area contributed by atoms with Gasteiger partial charge in [0.25, 0.3) is 15.5 Å². The number of halogens is 3. The molecule has 3 aromatic rings. The van der Waals surface area contributed by atoms with E-state index in [0.717, 1.165) is 52.1 Å². The summed E-state index contributed by atoms with van der Waals surface area (Å²) < 4.78 is 64.5. The van der Waals surface area contributed by atoms with Gasteiger partial charge in [0, 0.05) is 38.2 Å². The highest BCUT2D eigenvalue weighted by molar-refractivity contribution is 7.99. The number of ether oxygens (including phenoxy) is 11.